The van der Waals surface area contributed by atoms with Crippen molar-refractivity contribution in [1.29, 1.82) is 0 Å². The van der Waals surface area contributed by atoms with Gasteiger partial charge in [-0.2, -0.15) is 12.7 Å². The number of hydrogen-bond acceptors (Lipinski definition) is 8. The molecular formula is C36H43F3N6O6S. The molecule has 2 aliphatic rings. The number of alkyl halides is 1. The van der Waals surface area contributed by atoms with Crippen molar-refractivity contribution in [3.05, 3.63) is 66.5 Å². The molecule has 1 amide bonds. The smallest absolute Gasteiger partial charge is 0.410 e. The van der Waals surface area contributed by atoms with Crippen molar-refractivity contribution in [2.24, 2.45) is 0 Å². The van der Waals surface area contributed by atoms with Gasteiger partial charge in [0.05, 0.1) is 24.5 Å². The van der Waals surface area contributed by atoms with Crippen LogP contribution in [0.5, 0.6) is 5.75 Å². The van der Waals surface area contributed by atoms with Crippen molar-refractivity contribution in [1.82, 2.24) is 24.1 Å². The lowest BCUT2D eigenvalue weighted by atomic mass is 10.0. The number of anilines is 1. The number of carbonyl (C=O) groups is 1. The van der Waals surface area contributed by atoms with E-state index in [4.69, 9.17) is 14.2 Å². The van der Waals surface area contributed by atoms with Crippen molar-refractivity contribution in [3.63, 3.8) is 0 Å². The van der Waals surface area contributed by atoms with Crippen molar-refractivity contribution in [3.8, 4) is 28.0 Å². The number of nitrogens with zero attached hydrogens (tertiary/aromatic N) is 4. The fourth-order valence-corrected chi connectivity index (χ4v) is 7.36. The molecule has 4 aromatic rings. The number of H-pyrrole nitrogens is 1. The van der Waals surface area contributed by atoms with Crippen LogP contribution >= 0.6 is 0 Å². The Balaban J connectivity index is 1.02. The van der Waals surface area contributed by atoms with Gasteiger partial charge in [0.25, 0.3) is 0 Å². The number of ether oxygens (including phenoxy) is 3. The first-order valence-corrected chi connectivity index (χ1v) is 18.6. The van der Waals surface area contributed by atoms with E-state index in [9.17, 15) is 17.6 Å². The molecule has 2 aromatic carbocycles. The Morgan fingerprint density at radius 1 is 1.00 bits per heavy atom. The van der Waals surface area contributed by atoms with Gasteiger partial charge in [-0.25, -0.2) is 22.9 Å². The molecule has 2 aliphatic heterocycles. The summed E-state index contributed by atoms with van der Waals surface area (Å²) in [5.41, 5.74) is 0.627. The quantitative estimate of drug-likeness (QED) is 0.174. The maximum absolute atomic E-state index is 15.8. The van der Waals surface area contributed by atoms with Crippen LogP contribution in [-0.2, 0) is 19.7 Å². The molecule has 16 heteroatoms. The Bertz CT molecular complexity index is 1980. The molecule has 6 rings (SSSR count). The molecule has 2 fully saturated rings. The summed E-state index contributed by atoms with van der Waals surface area (Å²) in [7, 11) is -4.25. The highest BCUT2D eigenvalue weighted by atomic mass is 32.2. The van der Waals surface area contributed by atoms with Crippen LogP contribution in [0.25, 0.3) is 33.3 Å². The summed E-state index contributed by atoms with van der Waals surface area (Å²) in [4.78, 5) is 23.6. The van der Waals surface area contributed by atoms with E-state index >= 15 is 8.78 Å². The van der Waals surface area contributed by atoms with Crippen LogP contribution in [0.1, 0.15) is 27.2 Å². The Kier molecular flexibility index (Phi) is 11.3. The average molecular weight is 745 g/mol. The summed E-state index contributed by atoms with van der Waals surface area (Å²) < 4.78 is 90.2. The van der Waals surface area contributed by atoms with Gasteiger partial charge in [0.1, 0.15) is 35.6 Å². The summed E-state index contributed by atoms with van der Waals surface area (Å²) in [5, 5.41) is 0.428. The summed E-state index contributed by atoms with van der Waals surface area (Å²) in [6, 6.07) is 11.0. The van der Waals surface area contributed by atoms with E-state index in [0.717, 1.165) is 41.6 Å². The first-order valence-electron chi connectivity index (χ1n) is 17.2. The molecule has 0 radical (unpaired) electrons. The number of pyridine rings is 1. The van der Waals surface area contributed by atoms with E-state index in [-0.39, 0.29) is 31.2 Å². The number of halogens is 3. The van der Waals surface area contributed by atoms with Gasteiger partial charge in [-0.05, 0) is 63.1 Å². The lowest BCUT2D eigenvalue weighted by Crippen LogP contribution is -2.50. The van der Waals surface area contributed by atoms with E-state index in [1.807, 2.05) is 45.0 Å². The topological polar surface area (TPSA) is 129 Å². The van der Waals surface area contributed by atoms with Gasteiger partial charge in [-0.15, -0.1) is 0 Å². The zero-order chi connectivity index (χ0) is 37.0. The first kappa shape index (κ1) is 37.4. The van der Waals surface area contributed by atoms with Gasteiger partial charge in [0.15, 0.2) is 5.82 Å². The van der Waals surface area contributed by atoms with Crippen molar-refractivity contribution >= 4 is 33.0 Å². The molecule has 0 aliphatic carbocycles. The van der Waals surface area contributed by atoms with E-state index in [1.165, 1.54) is 6.20 Å². The number of aromatic amines is 1. The fourth-order valence-electron chi connectivity index (χ4n) is 6.09. The minimum atomic E-state index is -4.25. The number of rotatable bonds is 12. The van der Waals surface area contributed by atoms with E-state index in [2.05, 4.69) is 19.6 Å². The number of amides is 1. The SMILES string of the molecule is CC(C)(C)OC(=O)N1CCN(CCOCCOc2ccc(-c3cnc4[nH]cc(-c5c(F)ccc(NS(=O)(=O)N6CC[C@@H](F)C6)c5F)c4c3)cc2)CC1. The standard InChI is InChI=1S/C36H43F3N6O6S/c1-36(2,3)51-35(46)44-14-12-43(13-15-44)16-17-49-18-19-50-27-6-4-24(5-7-27)25-20-28-29(22-41-34(28)40-21-25)32-30(38)8-9-31(33(32)39)42-52(47,48)45-11-10-26(37)23-45/h4-9,20-22,26,42H,10-19,23H2,1-3H3,(H,40,41)/t26-/m1/s1. The Labute approximate surface area is 301 Å². The molecule has 4 heterocycles. The van der Waals surface area contributed by atoms with Crippen molar-refractivity contribution in [2.75, 3.05) is 70.4 Å². The van der Waals surface area contributed by atoms with Crippen LogP contribution in [-0.4, -0.2) is 116 Å². The summed E-state index contributed by atoms with van der Waals surface area (Å²) in [5.74, 6) is -1.35. The second-order valence-corrected chi connectivity index (χ2v) is 15.4. The first-order chi connectivity index (χ1) is 24.8. The molecule has 0 bridgehead atoms. The number of fused-ring (bicyclic) bond motifs is 1. The molecular weight excluding hydrogens is 701 g/mol. The Morgan fingerprint density at radius 2 is 1.75 bits per heavy atom. The molecule has 280 valence electrons. The normalized spacial score (nSPS) is 17.5. The minimum Gasteiger partial charge on any atom is -0.491 e. The van der Waals surface area contributed by atoms with Gasteiger partial charge in [-0.1, -0.05) is 12.1 Å². The summed E-state index contributed by atoms with van der Waals surface area (Å²) >= 11 is 0. The molecule has 0 unspecified atom stereocenters. The minimum absolute atomic E-state index is 0.0371. The predicted octanol–water partition coefficient (Wildman–Crippen LogP) is 5.82. The van der Waals surface area contributed by atoms with Gasteiger partial charge in [0, 0.05) is 74.7 Å². The Morgan fingerprint density at radius 3 is 2.44 bits per heavy atom. The monoisotopic (exact) mass is 744 g/mol. The maximum atomic E-state index is 15.8. The van der Waals surface area contributed by atoms with Crippen LogP contribution in [0.2, 0.25) is 0 Å². The lowest BCUT2D eigenvalue weighted by molar-refractivity contribution is 0.0108. The van der Waals surface area contributed by atoms with Crippen LogP contribution < -0.4 is 9.46 Å². The molecule has 0 saturated carbocycles. The number of carbonyl (C=O) groups excluding carboxylic acids is 1. The Hall–Kier alpha value is -4.38. The van der Waals surface area contributed by atoms with Crippen LogP contribution in [0.3, 0.4) is 0 Å². The third-order valence-corrected chi connectivity index (χ3v) is 10.3. The molecule has 2 saturated heterocycles. The third kappa shape index (κ3) is 8.97. The van der Waals surface area contributed by atoms with Gasteiger partial charge in [-0.3, -0.25) is 9.62 Å². The number of nitrogens with one attached hydrogen (secondary N) is 2. The second-order valence-electron chi connectivity index (χ2n) is 13.8. The molecule has 2 aromatic heterocycles. The second kappa shape index (κ2) is 15.7. The summed E-state index contributed by atoms with van der Waals surface area (Å²) in [6.07, 6.45) is 1.52. The van der Waals surface area contributed by atoms with Crippen LogP contribution in [0, 0.1) is 11.6 Å². The van der Waals surface area contributed by atoms with Crippen molar-refractivity contribution in [2.45, 2.75) is 39.0 Å². The zero-order valence-electron chi connectivity index (χ0n) is 29.3. The van der Waals surface area contributed by atoms with E-state index < -0.39 is 44.9 Å². The number of benzene rings is 2. The molecule has 2 N–H and O–H groups in total. The summed E-state index contributed by atoms with van der Waals surface area (Å²) in [6.45, 7) is 10.0. The lowest BCUT2D eigenvalue weighted by Gasteiger charge is -2.35. The van der Waals surface area contributed by atoms with E-state index in [0.29, 0.717) is 55.3 Å². The molecule has 0 spiro atoms. The highest BCUT2D eigenvalue weighted by Crippen LogP contribution is 2.37. The van der Waals surface area contributed by atoms with Gasteiger partial charge < -0.3 is 24.1 Å². The highest BCUT2D eigenvalue weighted by molar-refractivity contribution is 7.90. The van der Waals surface area contributed by atoms with E-state index in [1.54, 1.807) is 17.2 Å². The molecule has 1 atom stereocenters. The largest absolute Gasteiger partial charge is 0.491 e. The zero-order valence-corrected chi connectivity index (χ0v) is 30.1. The van der Waals surface area contributed by atoms with Crippen molar-refractivity contribution < 1.29 is 40.6 Å². The number of piperazine rings is 1. The number of aromatic nitrogens is 2. The van der Waals surface area contributed by atoms with Crippen LogP contribution in [0.4, 0.5) is 23.7 Å². The van der Waals surface area contributed by atoms with Gasteiger partial charge >= 0.3 is 16.3 Å². The number of hydrogen-bond donors (Lipinski definition) is 2. The molecule has 52 heavy (non-hydrogen) atoms. The highest BCUT2D eigenvalue weighted by Gasteiger charge is 2.32. The predicted molar refractivity (Wildman–Crippen MR) is 191 cm³/mol. The molecule has 12 nitrogen and oxygen atoms in total. The maximum Gasteiger partial charge on any atom is 0.410 e. The van der Waals surface area contributed by atoms with Crippen LogP contribution in [0.15, 0.2) is 54.9 Å². The average Bonchev–Trinajstić information content (AvgIpc) is 3.74. The fraction of sp³-hybridized carbons (Fsp3) is 0.444. The third-order valence-electron chi connectivity index (χ3n) is 8.82. The van der Waals surface area contributed by atoms with Gasteiger partial charge in [0.2, 0.25) is 0 Å².